The van der Waals surface area contributed by atoms with Crippen molar-refractivity contribution < 1.29 is 4.74 Å². The number of aromatic nitrogens is 2. The molecule has 4 nitrogen and oxygen atoms in total. The lowest BCUT2D eigenvalue weighted by Gasteiger charge is -2.34. The third-order valence-electron chi connectivity index (χ3n) is 3.92. The molecule has 1 aliphatic heterocycles. The summed E-state index contributed by atoms with van der Waals surface area (Å²) in [5, 5.41) is 9.00. The highest BCUT2D eigenvalue weighted by Gasteiger charge is 2.22. The SMILES string of the molecule is Cc1c(N2CCC(Oc3ccc(Cl)cc3)CC2)cnnc1Cl. The van der Waals surface area contributed by atoms with Crippen LogP contribution in [0.3, 0.4) is 0 Å². The number of hydrogen-bond donors (Lipinski definition) is 0. The molecule has 116 valence electrons. The Balaban J connectivity index is 1.60. The Morgan fingerprint density at radius 2 is 1.82 bits per heavy atom. The average Bonchev–Trinajstić information content (AvgIpc) is 2.53. The summed E-state index contributed by atoms with van der Waals surface area (Å²) in [4.78, 5) is 2.29. The van der Waals surface area contributed by atoms with Crippen molar-refractivity contribution in [3.05, 3.63) is 46.2 Å². The zero-order valence-corrected chi connectivity index (χ0v) is 13.8. The molecule has 2 heterocycles. The summed E-state index contributed by atoms with van der Waals surface area (Å²) >= 11 is 11.9. The van der Waals surface area contributed by atoms with Crippen molar-refractivity contribution in [3.8, 4) is 5.75 Å². The molecule has 0 atom stereocenters. The number of nitrogens with zero attached hydrogens (tertiary/aromatic N) is 3. The van der Waals surface area contributed by atoms with E-state index in [-0.39, 0.29) is 6.10 Å². The van der Waals surface area contributed by atoms with E-state index in [0.717, 1.165) is 48.0 Å². The minimum absolute atomic E-state index is 0.225. The first kappa shape index (κ1) is 15.4. The van der Waals surface area contributed by atoms with Crippen LogP contribution in [0.4, 0.5) is 5.69 Å². The van der Waals surface area contributed by atoms with Gasteiger partial charge in [-0.25, -0.2) is 0 Å². The summed E-state index contributed by atoms with van der Waals surface area (Å²) in [6, 6.07) is 7.51. The smallest absolute Gasteiger partial charge is 0.156 e. The maximum Gasteiger partial charge on any atom is 0.156 e. The molecule has 1 aromatic heterocycles. The standard InChI is InChI=1S/C16H17Cl2N3O/c1-11-15(10-19-20-16(11)18)21-8-6-14(7-9-21)22-13-4-2-12(17)3-5-13/h2-5,10,14H,6-9H2,1H3. The van der Waals surface area contributed by atoms with Crippen LogP contribution in [-0.2, 0) is 0 Å². The van der Waals surface area contributed by atoms with Crippen LogP contribution in [0.1, 0.15) is 18.4 Å². The molecule has 1 aliphatic rings. The Labute approximate surface area is 140 Å². The first-order chi connectivity index (χ1) is 10.6. The molecule has 1 fully saturated rings. The van der Waals surface area contributed by atoms with Gasteiger partial charge < -0.3 is 9.64 Å². The van der Waals surface area contributed by atoms with Crippen molar-refractivity contribution in [1.82, 2.24) is 10.2 Å². The zero-order chi connectivity index (χ0) is 15.5. The Kier molecular flexibility index (Phi) is 4.69. The lowest BCUT2D eigenvalue weighted by molar-refractivity contribution is 0.171. The summed E-state index contributed by atoms with van der Waals surface area (Å²) in [5.74, 6) is 0.868. The number of benzene rings is 1. The van der Waals surface area contributed by atoms with Crippen molar-refractivity contribution >= 4 is 28.9 Å². The Morgan fingerprint density at radius 3 is 2.50 bits per heavy atom. The van der Waals surface area contributed by atoms with Gasteiger partial charge in [0, 0.05) is 36.5 Å². The van der Waals surface area contributed by atoms with Crippen LogP contribution in [-0.4, -0.2) is 29.4 Å². The lowest BCUT2D eigenvalue weighted by atomic mass is 10.1. The average molecular weight is 338 g/mol. The summed E-state index contributed by atoms with van der Waals surface area (Å²) in [6.07, 6.45) is 3.93. The van der Waals surface area contributed by atoms with Gasteiger partial charge in [-0.2, -0.15) is 5.10 Å². The van der Waals surface area contributed by atoms with E-state index in [1.807, 2.05) is 31.2 Å². The van der Waals surface area contributed by atoms with Gasteiger partial charge in [0.25, 0.3) is 0 Å². The molecule has 0 bridgehead atoms. The minimum Gasteiger partial charge on any atom is -0.490 e. The fraction of sp³-hybridized carbons (Fsp3) is 0.375. The molecule has 0 radical (unpaired) electrons. The van der Waals surface area contributed by atoms with E-state index in [1.165, 1.54) is 0 Å². The maximum absolute atomic E-state index is 6.05. The number of halogens is 2. The molecular formula is C16H17Cl2N3O. The third kappa shape index (κ3) is 3.45. The van der Waals surface area contributed by atoms with E-state index in [4.69, 9.17) is 27.9 Å². The number of piperidine rings is 1. The van der Waals surface area contributed by atoms with E-state index in [9.17, 15) is 0 Å². The molecule has 0 N–H and O–H groups in total. The van der Waals surface area contributed by atoms with E-state index < -0.39 is 0 Å². The van der Waals surface area contributed by atoms with Crippen molar-refractivity contribution in [2.24, 2.45) is 0 Å². The molecular weight excluding hydrogens is 321 g/mol. The molecule has 3 rings (SSSR count). The summed E-state index contributed by atoms with van der Waals surface area (Å²) < 4.78 is 6.01. The second-order valence-corrected chi connectivity index (χ2v) is 6.20. The minimum atomic E-state index is 0.225. The normalized spacial score (nSPS) is 15.9. The molecule has 1 aromatic carbocycles. The highest BCUT2D eigenvalue weighted by molar-refractivity contribution is 6.30. The predicted molar refractivity (Wildman–Crippen MR) is 89.1 cm³/mol. The van der Waals surface area contributed by atoms with Crippen LogP contribution in [0.2, 0.25) is 10.2 Å². The predicted octanol–water partition coefficient (Wildman–Crippen LogP) is 4.14. The Hall–Kier alpha value is -1.52. The monoisotopic (exact) mass is 337 g/mol. The van der Waals surface area contributed by atoms with Crippen LogP contribution < -0.4 is 9.64 Å². The van der Waals surface area contributed by atoms with Gasteiger partial charge in [-0.3, -0.25) is 0 Å². The third-order valence-corrected chi connectivity index (χ3v) is 4.53. The maximum atomic E-state index is 6.05. The number of rotatable bonds is 3. The van der Waals surface area contributed by atoms with Crippen molar-refractivity contribution in [3.63, 3.8) is 0 Å². The van der Waals surface area contributed by atoms with Crippen LogP contribution >= 0.6 is 23.2 Å². The Morgan fingerprint density at radius 1 is 1.14 bits per heavy atom. The van der Waals surface area contributed by atoms with Crippen molar-refractivity contribution in [2.45, 2.75) is 25.9 Å². The van der Waals surface area contributed by atoms with Crippen LogP contribution in [0, 0.1) is 6.92 Å². The van der Waals surface area contributed by atoms with Gasteiger partial charge in [-0.1, -0.05) is 23.2 Å². The van der Waals surface area contributed by atoms with Gasteiger partial charge in [-0.05, 0) is 31.2 Å². The first-order valence-electron chi connectivity index (χ1n) is 7.28. The largest absolute Gasteiger partial charge is 0.490 e. The summed E-state index contributed by atoms with van der Waals surface area (Å²) in [7, 11) is 0. The van der Waals surface area contributed by atoms with Crippen LogP contribution in [0.5, 0.6) is 5.75 Å². The van der Waals surface area contributed by atoms with Gasteiger partial charge >= 0.3 is 0 Å². The van der Waals surface area contributed by atoms with Gasteiger partial charge in [0.15, 0.2) is 5.15 Å². The van der Waals surface area contributed by atoms with E-state index in [0.29, 0.717) is 5.15 Å². The molecule has 0 amide bonds. The fourth-order valence-electron chi connectivity index (χ4n) is 2.65. The Bertz CT molecular complexity index is 640. The number of anilines is 1. The molecule has 0 spiro atoms. The molecule has 22 heavy (non-hydrogen) atoms. The second kappa shape index (κ2) is 6.71. The van der Waals surface area contributed by atoms with E-state index in [2.05, 4.69) is 15.1 Å². The molecule has 0 unspecified atom stereocenters. The van der Waals surface area contributed by atoms with Gasteiger partial charge in [0.1, 0.15) is 11.9 Å². The van der Waals surface area contributed by atoms with Crippen molar-refractivity contribution in [1.29, 1.82) is 0 Å². The molecule has 0 aliphatic carbocycles. The number of ether oxygens (including phenoxy) is 1. The van der Waals surface area contributed by atoms with Crippen molar-refractivity contribution in [2.75, 3.05) is 18.0 Å². The lowest BCUT2D eigenvalue weighted by Crippen LogP contribution is -2.38. The van der Waals surface area contributed by atoms with E-state index in [1.54, 1.807) is 6.20 Å². The fourth-order valence-corrected chi connectivity index (χ4v) is 2.92. The van der Waals surface area contributed by atoms with Crippen LogP contribution in [0.25, 0.3) is 0 Å². The first-order valence-corrected chi connectivity index (χ1v) is 8.04. The van der Waals surface area contributed by atoms with Gasteiger partial charge in [-0.15, -0.1) is 5.10 Å². The van der Waals surface area contributed by atoms with Crippen LogP contribution in [0.15, 0.2) is 30.5 Å². The van der Waals surface area contributed by atoms with E-state index >= 15 is 0 Å². The van der Waals surface area contributed by atoms with Gasteiger partial charge in [0.05, 0.1) is 11.9 Å². The molecule has 0 saturated carbocycles. The molecule has 2 aromatic rings. The zero-order valence-electron chi connectivity index (χ0n) is 12.3. The topological polar surface area (TPSA) is 38.2 Å². The molecule has 6 heteroatoms. The highest BCUT2D eigenvalue weighted by Crippen LogP contribution is 2.27. The molecule has 1 saturated heterocycles. The highest BCUT2D eigenvalue weighted by atomic mass is 35.5. The summed E-state index contributed by atoms with van der Waals surface area (Å²) in [6.45, 7) is 3.81. The second-order valence-electron chi connectivity index (χ2n) is 5.40. The summed E-state index contributed by atoms with van der Waals surface area (Å²) in [5.41, 5.74) is 2.04. The van der Waals surface area contributed by atoms with Gasteiger partial charge in [0.2, 0.25) is 0 Å². The quantitative estimate of drug-likeness (QED) is 0.843. The number of hydrogen-bond acceptors (Lipinski definition) is 4.